The van der Waals surface area contributed by atoms with Crippen LogP contribution in [0.1, 0.15) is 24.0 Å². The number of hydrogen-bond donors (Lipinski definition) is 1. The molecular formula is C19H21F3N2O5. The van der Waals surface area contributed by atoms with Gasteiger partial charge in [-0.15, -0.1) is 0 Å². The highest BCUT2D eigenvalue weighted by atomic mass is 19.4. The van der Waals surface area contributed by atoms with Gasteiger partial charge in [0.05, 0.1) is 5.69 Å². The molecule has 1 unspecified atom stereocenters. The summed E-state index contributed by atoms with van der Waals surface area (Å²) in [6.45, 7) is 6.48. The first-order valence-corrected chi connectivity index (χ1v) is 9.12. The lowest BCUT2D eigenvalue weighted by Crippen LogP contribution is -2.63. The van der Waals surface area contributed by atoms with Gasteiger partial charge < -0.3 is 9.84 Å². The molecule has 0 saturated carbocycles. The average Bonchev–Trinajstić information content (AvgIpc) is 2.84. The molecule has 2 bridgehead atoms. The third-order valence-corrected chi connectivity index (χ3v) is 5.43. The van der Waals surface area contributed by atoms with Crippen LogP contribution in [0.4, 0.5) is 23.7 Å². The first kappa shape index (κ1) is 21.1. The number of amides is 2. The molecule has 0 radical (unpaired) electrons. The van der Waals surface area contributed by atoms with Gasteiger partial charge in [0, 0.05) is 12.5 Å². The summed E-state index contributed by atoms with van der Waals surface area (Å²) in [5.74, 6) is -2.78. The van der Waals surface area contributed by atoms with Crippen molar-refractivity contribution >= 4 is 23.7 Å². The number of imide groups is 1. The minimum Gasteiger partial charge on any atom is -0.475 e. The molecule has 4 fully saturated rings. The SMILES string of the molecule is Cc1cc(C)cc(N2C(=O)OC3(CN4CCC3CC4)C2=O)c1.O=C(O)C(F)(F)F. The predicted molar refractivity (Wildman–Crippen MR) is 95.5 cm³/mol. The van der Waals surface area contributed by atoms with Crippen LogP contribution in [0, 0.1) is 19.8 Å². The summed E-state index contributed by atoms with van der Waals surface area (Å²) in [5.41, 5.74) is 1.74. The topological polar surface area (TPSA) is 87.2 Å². The van der Waals surface area contributed by atoms with Crippen molar-refractivity contribution in [3.8, 4) is 0 Å². The van der Waals surface area contributed by atoms with Crippen LogP contribution in [0.2, 0.25) is 0 Å². The molecule has 4 aliphatic rings. The molecule has 1 N–H and O–H groups in total. The molecule has 0 aromatic heterocycles. The van der Waals surface area contributed by atoms with E-state index in [4.69, 9.17) is 14.6 Å². The molecule has 1 aromatic rings. The van der Waals surface area contributed by atoms with Crippen molar-refractivity contribution in [3.05, 3.63) is 29.3 Å². The minimum absolute atomic E-state index is 0.157. The number of alkyl halides is 3. The van der Waals surface area contributed by atoms with Gasteiger partial charge in [-0.2, -0.15) is 13.2 Å². The van der Waals surface area contributed by atoms with Gasteiger partial charge in [0.15, 0.2) is 0 Å². The van der Waals surface area contributed by atoms with Crippen molar-refractivity contribution in [1.29, 1.82) is 0 Å². The van der Waals surface area contributed by atoms with Crippen molar-refractivity contribution < 1.29 is 37.4 Å². The summed E-state index contributed by atoms with van der Waals surface area (Å²) >= 11 is 0. The van der Waals surface area contributed by atoms with Crippen LogP contribution in [-0.2, 0) is 14.3 Å². The fourth-order valence-electron chi connectivity index (χ4n) is 4.20. The number of aryl methyl sites for hydroxylation is 2. The number of nitrogens with zero attached hydrogens (tertiary/aromatic N) is 2. The van der Waals surface area contributed by atoms with Crippen LogP contribution in [-0.4, -0.2) is 59.4 Å². The second kappa shape index (κ2) is 7.33. The largest absolute Gasteiger partial charge is 0.490 e. The zero-order valence-corrected chi connectivity index (χ0v) is 16.0. The number of carbonyl (C=O) groups excluding carboxylic acids is 2. The molecule has 5 rings (SSSR count). The van der Waals surface area contributed by atoms with Crippen molar-refractivity contribution in [1.82, 2.24) is 4.90 Å². The Balaban J connectivity index is 0.000000298. The maximum Gasteiger partial charge on any atom is 0.490 e. The molecule has 29 heavy (non-hydrogen) atoms. The van der Waals surface area contributed by atoms with Crippen LogP contribution in [0.15, 0.2) is 18.2 Å². The number of piperidine rings is 3. The maximum absolute atomic E-state index is 13.1. The summed E-state index contributed by atoms with van der Waals surface area (Å²) in [6.07, 6.45) is -3.75. The highest BCUT2D eigenvalue weighted by Gasteiger charge is 2.62. The lowest BCUT2D eigenvalue weighted by molar-refractivity contribution is -0.192. The first-order valence-electron chi connectivity index (χ1n) is 9.12. The summed E-state index contributed by atoms with van der Waals surface area (Å²) < 4.78 is 37.4. The monoisotopic (exact) mass is 414 g/mol. The number of fused-ring (bicyclic) bond motifs is 2. The Bertz CT molecular complexity index is 828. The van der Waals surface area contributed by atoms with Gasteiger partial charge >= 0.3 is 18.2 Å². The standard InChI is InChI=1S/C17H20N2O3.C2HF3O2/c1-11-7-12(2)9-14(8-11)19-15(20)17(22-16(19)21)10-18-5-3-13(17)4-6-18;3-2(4,5)1(6)7/h7-9,13H,3-6,10H2,1-2H3;(H,6,7). The van der Waals surface area contributed by atoms with E-state index in [2.05, 4.69) is 4.90 Å². The Labute approximate surface area is 165 Å². The first-order chi connectivity index (χ1) is 13.4. The van der Waals surface area contributed by atoms with E-state index in [1.165, 1.54) is 4.90 Å². The molecule has 1 spiro atoms. The fraction of sp³-hybridized carbons (Fsp3) is 0.526. The van der Waals surface area contributed by atoms with Crippen LogP contribution in [0.3, 0.4) is 0 Å². The number of carboxylic acid groups (broad SMARTS) is 1. The minimum atomic E-state index is -5.08. The van der Waals surface area contributed by atoms with Crippen molar-refractivity contribution in [2.24, 2.45) is 5.92 Å². The quantitative estimate of drug-likeness (QED) is 0.761. The zero-order chi connectivity index (χ0) is 21.6. The maximum atomic E-state index is 13.1. The lowest BCUT2D eigenvalue weighted by Gasteiger charge is -2.48. The summed E-state index contributed by atoms with van der Waals surface area (Å²) in [7, 11) is 0. The number of rotatable bonds is 1. The van der Waals surface area contributed by atoms with Crippen LogP contribution in [0.5, 0.6) is 0 Å². The number of hydrogen-bond acceptors (Lipinski definition) is 5. The Kier molecular flexibility index (Phi) is 5.33. The molecule has 7 nitrogen and oxygen atoms in total. The van der Waals surface area contributed by atoms with E-state index in [9.17, 15) is 22.8 Å². The van der Waals surface area contributed by atoms with Crippen molar-refractivity contribution in [3.63, 3.8) is 0 Å². The van der Waals surface area contributed by atoms with E-state index in [0.29, 0.717) is 12.2 Å². The number of carbonyl (C=O) groups is 3. The van der Waals surface area contributed by atoms with E-state index in [0.717, 1.165) is 37.1 Å². The van der Waals surface area contributed by atoms with Crippen molar-refractivity contribution in [2.75, 3.05) is 24.5 Å². The molecule has 1 aromatic carbocycles. The highest BCUT2D eigenvalue weighted by molar-refractivity contribution is 6.20. The van der Waals surface area contributed by atoms with Gasteiger partial charge in [0.25, 0.3) is 5.91 Å². The summed E-state index contributed by atoms with van der Waals surface area (Å²) in [5, 5.41) is 7.12. The molecule has 4 saturated heterocycles. The molecular weight excluding hydrogens is 393 g/mol. The van der Waals surface area contributed by atoms with E-state index >= 15 is 0 Å². The predicted octanol–water partition coefficient (Wildman–Crippen LogP) is 2.88. The third kappa shape index (κ3) is 3.93. The van der Waals surface area contributed by atoms with Gasteiger partial charge in [-0.3, -0.25) is 9.69 Å². The number of aliphatic carboxylic acids is 1. The normalized spacial score (nSPS) is 28.2. The van der Waals surface area contributed by atoms with E-state index in [1.54, 1.807) is 0 Å². The second-order valence-corrected chi connectivity index (χ2v) is 7.60. The van der Waals surface area contributed by atoms with Gasteiger partial charge in [0.2, 0.25) is 5.60 Å². The van der Waals surface area contributed by atoms with Crippen molar-refractivity contribution in [2.45, 2.75) is 38.5 Å². The third-order valence-electron chi connectivity index (χ3n) is 5.43. The van der Waals surface area contributed by atoms with E-state index < -0.39 is 23.8 Å². The molecule has 10 heteroatoms. The number of anilines is 1. The average molecular weight is 414 g/mol. The van der Waals surface area contributed by atoms with Crippen LogP contribution >= 0.6 is 0 Å². The Morgan fingerprint density at radius 1 is 1.14 bits per heavy atom. The second-order valence-electron chi connectivity index (χ2n) is 7.60. The molecule has 4 heterocycles. The Morgan fingerprint density at radius 2 is 1.66 bits per heavy atom. The van der Waals surface area contributed by atoms with E-state index in [1.807, 2.05) is 32.0 Å². The van der Waals surface area contributed by atoms with Gasteiger partial charge in [-0.25, -0.2) is 14.5 Å². The van der Waals surface area contributed by atoms with Crippen LogP contribution < -0.4 is 4.90 Å². The summed E-state index contributed by atoms with van der Waals surface area (Å²) in [6, 6.07) is 5.76. The molecule has 1 atom stereocenters. The fourth-order valence-corrected chi connectivity index (χ4v) is 4.20. The van der Waals surface area contributed by atoms with Crippen LogP contribution in [0.25, 0.3) is 0 Å². The summed E-state index contributed by atoms with van der Waals surface area (Å²) in [4.78, 5) is 37.8. The number of benzene rings is 1. The number of halogens is 3. The van der Waals surface area contributed by atoms with E-state index in [-0.39, 0.29) is 11.8 Å². The Morgan fingerprint density at radius 3 is 2.07 bits per heavy atom. The molecule has 2 amide bonds. The van der Waals surface area contributed by atoms with Gasteiger partial charge in [-0.05, 0) is 63.0 Å². The molecule has 158 valence electrons. The number of ether oxygens (including phenoxy) is 1. The molecule has 0 aliphatic carbocycles. The zero-order valence-electron chi connectivity index (χ0n) is 16.0. The Hall–Kier alpha value is -2.62. The highest BCUT2D eigenvalue weighted by Crippen LogP contribution is 2.44. The molecule has 4 aliphatic heterocycles. The van der Waals surface area contributed by atoms with Gasteiger partial charge in [-0.1, -0.05) is 6.07 Å². The smallest absolute Gasteiger partial charge is 0.475 e. The van der Waals surface area contributed by atoms with Gasteiger partial charge in [0.1, 0.15) is 0 Å². The number of carboxylic acids is 1. The lowest BCUT2D eigenvalue weighted by atomic mass is 9.75.